The number of amides is 1. The van der Waals surface area contributed by atoms with Crippen molar-refractivity contribution in [2.75, 3.05) is 23.8 Å². The zero-order valence-corrected chi connectivity index (χ0v) is 19.0. The lowest BCUT2D eigenvalue weighted by atomic mass is 10.3. The predicted molar refractivity (Wildman–Crippen MR) is 122 cm³/mol. The summed E-state index contributed by atoms with van der Waals surface area (Å²) in [5.41, 5.74) is 0.713. The zero-order valence-electron chi connectivity index (χ0n) is 17.4. The third-order valence-electron chi connectivity index (χ3n) is 4.29. The van der Waals surface area contributed by atoms with Gasteiger partial charge >= 0.3 is 0 Å². The number of nitrogens with one attached hydrogen (secondary N) is 2. The Morgan fingerprint density at radius 3 is 2.09 bits per heavy atom. The van der Waals surface area contributed by atoms with Gasteiger partial charge in [0.05, 0.1) is 22.6 Å². The standard InChI is InChI=1S/C21H21N3O7S2/c1-30-18-4-2-3-16(13-18)24-33(28,29)20-11-7-17(8-12-20)31-14-21(25)23-15-5-9-19(10-6-15)32(22,26)27/h2-13,24H,14H2,1H3,(H,23,25)(H2,22,26,27). The highest BCUT2D eigenvalue weighted by Gasteiger charge is 2.15. The fraction of sp³-hybridized carbons (Fsp3) is 0.0952. The van der Waals surface area contributed by atoms with Crippen LogP contribution in [0.2, 0.25) is 0 Å². The summed E-state index contributed by atoms with van der Waals surface area (Å²) in [6.07, 6.45) is 0. The normalized spacial score (nSPS) is 11.5. The molecule has 12 heteroatoms. The number of benzene rings is 3. The van der Waals surface area contributed by atoms with Crippen LogP contribution in [-0.4, -0.2) is 36.5 Å². The SMILES string of the molecule is COc1cccc(NS(=O)(=O)c2ccc(OCC(=O)Nc3ccc(S(N)(=O)=O)cc3)cc2)c1. The molecular weight excluding hydrogens is 470 g/mol. The Morgan fingerprint density at radius 1 is 0.848 bits per heavy atom. The first-order valence-electron chi connectivity index (χ1n) is 9.39. The predicted octanol–water partition coefficient (Wildman–Crippen LogP) is 2.16. The third kappa shape index (κ3) is 6.68. The molecule has 0 atom stereocenters. The van der Waals surface area contributed by atoms with Crippen molar-refractivity contribution < 1.29 is 31.1 Å². The molecule has 0 fully saturated rings. The van der Waals surface area contributed by atoms with Gasteiger partial charge in [0, 0.05) is 11.8 Å². The van der Waals surface area contributed by atoms with Gasteiger partial charge in [0.15, 0.2) is 6.61 Å². The number of carbonyl (C=O) groups is 1. The molecule has 10 nitrogen and oxygen atoms in total. The minimum Gasteiger partial charge on any atom is -0.497 e. The lowest BCUT2D eigenvalue weighted by Gasteiger charge is -2.11. The molecule has 174 valence electrons. The number of nitrogens with two attached hydrogens (primary N) is 1. The third-order valence-corrected chi connectivity index (χ3v) is 6.62. The summed E-state index contributed by atoms with van der Waals surface area (Å²) in [7, 11) is -6.17. The van der Waals surface area contributed by atoms with Crippen LogP contribution in [0, 0.1) is 0 Å². The Kier molecular flexibility index (Phi) is 7.21. The summed E-state index contributed by atoms with van der Waals surface area (Å²) in [4.78, 5) is 12.0. The van der Waals surface area contributed by atoms with E-state index in [1.165, 1.54) is 55.6 Å². The molecule has 33 heavy (non-hydrogen) atoms. The van der Waals surface area contributed by atoms with Crippen LogP contribution in [0.15, 0.2) is 82.6 Å². The highest BCUT2D eigenvalue weighted by molar-refractivity contribution is 7.92. The van der Waals surface area contributed by atoms with Crippen LogP contribution in [-0.2, 0) is 24.8 Å². The Balaban J connectivity index is 1.57. The van der Waals surface area contributed by atoms with Crippen LogP contribution in [0.1, 0.15) is 0 Å². The molecule has 0 aliphatic rings. The van der Waals surface area contributed by atoms with Gasteiger partial charge in [0.2, 0.25) is 10.0 Å². The van der Waals surface area contributed by atoms with Crippen molar-refractivity contribution in [3.8, 4) is 11.5 Å². The molecular formula is C21H21N3O7S2. The van der Waals surface area contributed by atoms with E-state index in [-0.39, 0.29) is 22.1 Å². The number of rotatable bonds is 9. The average molecular weight is 492 g/mol. The highest BCUT2D eigenvalue weighted by Crippen LogP contribution is 2.22. The van der Waals surface area contributed by atoms with Gasteiger partial charge in [-0.1, -0.05) is 6.07 Å². The Hall–Kier alpha value is -3.61. The molecule has 0 bridgehead atoms. The van der Waals surface area contributed by atoms with Crippen molar-refractivity contribution in [2.24, 2.45) is 5.14 Å². The van der Waals surface area contributed by atoms with Crippen LogP contribution in [0.5, 0.6) is 11.5 Å². The van der Waals surface area contributed by atoms with Gasteiger partial charge in [-0.15, -0.1) is 0 Å². The Morgan fingerprint density at radius 2 is 1.48 bits per heavy atom. The van der Waals surface area contributed by atoms with E-state index >= 15 is 0 Å². The molecule has 0 aliphatic heterocycles. The minimum absolute atomic E-state index is 0.0112. The molecule has 0 saturated carbocycles. The zero-order chi connectivity index (χ0) is 24.1. The van der Waals surface area contributed by atoms with Gasteiger partial charge in [-0.3, -0.25) is 9.52 Å². The molecule has 0 spiro atoms. The molecule has 3 aromatic rings. The lowest BCUT2D eigenvalue weighted by Crippen LogP contribution is -2.20. The molecule has 0 saturated heterocycles. The first kappa shape index (κ1) is 24.0. The number of hydrogen-bond donors (Lipinski definition) is 3. The second-order valence-corrected chi connectivity index (χ2v) is 9.96. The van der Waals surface area contributed by atoms with Crippen LogP contribution in [0.25, 0.3) is 0 Å². The summed E-state index contributed by atoms with van der Waals surface area (Å²) in [6.45, 7) is -0.342. The van der Waals surface area contributed by atoms with E-state index < -0.39 is 26.0 Å². The van der Waals surface area contributed by atoms with E-state index in [0.717, 1.165) is 0 Å². The fourth-order valence-electron chi connectivity index (χ4n) is 2.69. The Bertz CT molecular complexity index is 1340. The van der Waals surface area contributed by atoms with Crippen molar-refractivity contribution in [3.05, 3.63) is 72.8 Å². The summed E-state index contributed by atoms with van der Waals surface area (Å²) in [6, 6.07) is 17.4. The van der Waals surface area contributed by atoms with Crippen molar-refractivity contribution in [3.63, 3.8) is 0 Å². The minimum atomic E-state index is -3.83. The van der Waals surface area contributed by atoms with E-state index in [1.54, 1.807) is 24.3 Å². The topological polar surface area (TPSA) is 154 Å². The average Bonchev–Trinajstić information content (AvgIpc) is 2.77. The summed E-state index contributed by atoms with van der Waals surface area (Å²) >= 11 is 0. The fourth-order valence-corrected chi connectivity index (χ4v) is 4.25. The van der Waals surface area contributed by atoms with Gasteiger partial charge in [-0.05, 0) is 60.7 Å². The van der Waals surface area contributed by atoms with E-state index in [2.05, 4.69) is 10.0 Å². The maximum Gasteiger partial charge on any atom is 0.262 e. The molecule has 0 aromatic heterocycles. The van der Waals surface area contributed by atoms with Crippen LogP contribution >= 0.6 is 0 Å². The lowest BCUT2D eigenvalue weighted by molar-refractivity contribution is -0.118. The molecule has 0 heterocycles. The number of sulfonamides is 2. The van der Waals surface area contributed by atoms with E-state index in [9.17, 15) is 21.6 Å². The van der Waals surface area contributed by atoms with E-state index in [1.807, 2.05) is 0 Å². The molecule has 3 rings (SSSR count). The maximum absolute atomic E-state index is 12.6. The number of methoxy groups -OCH3 is 1. The quantitative estimate of drug-likeness (QED) is 0.414. The van der Waals surface area contributed by atoms with Gasteiger partial charge in [-0.25, -0.2) is 22.0 Å². The van der Waals surface area contributed by atoms with Gasteiger partial charge in [0.1, 0.15) is 11.5 Å². The number of ether oxygens (including phenoxy) is 2. The summed E-state index contributed by atoms with van der Waals surface area (Å²) in [5, 5.41) is 7.57. The van der Waals surface area contributed by atoms with Crippen molar-refractivity contribution in [1.29, 1.82) is 0 Å². The molecule has 1 amide bonds. The second-order valence-electron chi connectivity index (χ2n) is 6.72. The maximum atomic E-state index is 12.6. The highest BCUT2D eigenvalue weighted by atomic mass is 32.2. The van der Waals surface area contributed by atoms with Crippen LogP contribution in [0.4, 0.5) is 11.4 Å². The number of anilines is 2. The molecule has 3 aromatic carbocycles. The molecule has 0 radical (unpaired) electrons. The number of hydrogen-bond acceptors (Lipinski definition) is 7. The summed E-state index contributed by atoms with van der Waals surface area (Å²) in [5.74, 6) is 0.308. The van der Waals surface area contributed by atoms with Gasteiger partial charge in [0.25, 0.3) is 15.9 Å². The smallest absolute Gasteiger partial charge is 0.262 e. The Labute approximate surface area is 191 Å². The van der Waals surface area contributed by atoms with Crippen molar-refractivity contribution in [2.45, 2.75) is 9.79 Å². The van der Waals surface area contributed by atoms with Crippen LogP contribution < -0.4 is 24.7 Å². The second kappa shape index (κ2) is 9.90. The van der Waals surface area contributed by atoms with Crippen molar-refractivity contribution in [1.82, 2.24) is 0 Å². The number of primary sulfonamides is 1. The van der Waals surface area contributed by atoms with Crippen LogP contribution in [0.3, 0.4) is 0 Å². The molecule has 0 unspecified atom stereocenters. The van der Waals surface area contributed by atoms with E-state index in [0.29, 0.717) is 17.1 Å². The van der Waals surface area contributed by atoms with E-state index in [4.69, 9.17) is 14.6 Å². The van der Waals surface area contributed by atoms with Gasteiger partial charge < -0.3 is 14.8 Å². The largest absolute Gasteiger partial charge is 0.497 e. The van der Waals surface area contributed by atoms with Gasteiger partial charge in [-0.2, -0.15) is 0 Å². The van der Waals surface area contributed by atoms with Crippen molar-refractivity contribution >= 4 is 37.3 Å². The first-order chi connectivity index (χ1) is 15.6. The monoisotopic (exact) mass is 491 g/mol. The molecule has 4 N–H and O–H groups in total. The summed E-state index contributed by atoms with van der Waals surface area (Å²) < 4.78 is 60.6. The molecule has 0 aliphatic carbocycles. The number of carbonyl (C=O) groups excluding carboxylic acids is 1. The first-order valence-corrected chi connectivity index (χ1v) is 12.4.